The Bertz CT molecular complexity index is 494. The molecule has 0 saturated carbocycles. The predicted octanol–water partition coefficient (Wildman–Crippen LogP) is 3.34. The van der Waals surface area contributed by atoms with Crippen LogP contribution < -0.4 is 5.32 Å². The third-order valence-electron chi connectivity index (χ3n) is 2.29. The number of rotatable bonds is 3. The third-order valence-corrected chi connectivity index (χ3v) is 2.84. The van der Waals surface area contributed by atoms with Gasteiger partial charge in [-0.15, -0.1) is 0 Å². The van der Waals surface area contributed by atoms with Crippen LogP contribution in [0.25, 0.3) is 0 Å². The van der Waals surface area contributed by atoms with Gasteiger partial charge in [0.1, 0.15) is 5.82 Å². The molecule has 3 nitrogen and oxygen atoms in total. The highest BCUT2D eigenvalue weighted by Gasteiger charge is 2.02. The maximum Gasteiger partial charge on any atom is 0.127 e. The highest BCUT2D eigenvalue weighted by atomic mass is 35.5. The Kier molecular flexibility index (Phi) is 3.36. The predicted molar refractivity (Wildman–Crippen MR) is 67.0 cm³/mol. The summed E-state index contributed by atoms with van der Waals surface area (Å²) in [4.78, 5) is 4.21. The lowest BCUT2D eigenvalue weighted by atomic mass is 10.3. The monoisotopic (exact) mass is 255 g/mol. The molecule has 1 aromatic carbocycles. The minimum atomic E-state index is 0.613. The van der Waals surface area contributed by atoms with Crippen molar-refractivity contribution in [1.82, 2.24) is 9.55 Å². The number of benzene rings is 1. The lowest BCUT2D eigenvalue weighted by Crippen LogP contribution is -2.05. The molecule has 0 atom stereocenters. The Labute approximate surface area is 104 Å². The zero-order valence-electron chi connectivity index (χ0n) is 8.74. The van der Waals surface area contributed by atoms with E-state index < -0.39 is 0 Å². The number of hydrogen-bond donors (Lipinski definition) is 1. The molecular weight excluding hydrogens is 245 g/mol. The summed E-state index contributed by atoms with van der Waals surface area (Å²) in [5.74, 6) is 0.950. The van der Waals surface area contributed by atoms with E-state index in [2.05, 4.69) is 10.3 Å². The van der Waals surface area contributed by atoms with E-state index in [4.69, 9.17) is 23.2 Å². The average molecular weight is 256 g/mol. The molecular formula is C11H11Cl2N3. The van der Waals surface area contributed by atoms with Crippen LogP contribution in [-0.2, 0) is 13.6 Å². The van der Waals surface area contributed by atoms with Gasteiger partial charge in [0, 0.05) is 24.5 Å². The molecule has 1 heterocycles. The van der Waals surface area contributed by atoms with E-state index in [1.807, 2.05) is 23.9 Å². The second kappa shape index (κ2) is 4.76. The van der Waals surface area contributed by atoms with Crippen LogP contribution in [-0.4, -0.2) is 9.55 Å². The summed E-state index contributed by atoms with van der Waals surface area (Å²) >= 11 is 11.8. The summed E-state index contributed by atoms with van der Waals surface area (Å²) in [5.41, 5.74) is 0.856. The molecule has 1 N–H and O–H groups in total. The second-order valence-corrected chi connectivity index (χ2v) is 4.28. The smallest absolute Gasteiger partial charge is 0.127 e. The van der Waals surface area contributed by atoms with Gasteiger partial charge in [-0.25, -0.2) is 4.98 Å². The fraction of sp³-hybridized carbons (Fsp3) is 0.182. The maximum absolute atomic E-state index is 6.04. The van der Waals surface area contributed by atoms with Crippen molar-refractivity contribution >= 4 is 28.9 Å². The molecule has 0 aliphatic heterocycles. The van der Waals surface area contributed by atoms with Crippen LogP contribution in [0.4, 0.5) is 5.69 Å². The molecule has 0 spiro atoms. The third kappa shape index (κ3) is 2.49. The number of hydrogen-bond acceptors (Lipinski definition) is 2. The van der Waals surface area contributed by atoms with E-state index in [1.165, 1.54) is 0 Å². The van der Waals surface area contributed by atoms with Gasteiger partial charge in [-0.2, -0.15) is 0 Å². The Morgan fingerprint density at radius 2 is 2.19 bits per heavy atom. The second-order valence-electron chi connectivity index (χ2n) is 3.43. The molecule has 0 saturated heterocycles. The minimum Gasteiger partial charge on any atom is -0.377 e. The van der Waals surface area contributed by atoms with Gasteiger partial charge in [0.2, 0.25) is 0 Å². The van der Waals surface area contributed by atoms with Crippen molar-refractivity contribution in [2.45, 2.75) is 6.54 Å². The van der Waals surface area contributed by atoms with Crippen LogP contribution in [0, 0.1) is 0 Å². The van der Waals surface area contributed by atoms with Crippen LogP contribution in [0.2, 0.25) is 10.0 Å². The number of imidazole rings is 1. The summed E-state index contributed by atoms with van der Waals surface area (Å²) in [5, 5.41) is 4.45. The summed E-state index contributed by atoms with van der Waals surface area (Å²) in [6.07, 6.45) is 3.67. The Balaban J connectivity index is 2.08. The van der Waals surface area contributed by atoms with Crippen LogP contribution in [0.1, 0.15) is 5.82 Å². The van der Waals surface area contributed by atoms with Crippen molar-refractivity contribution in [2.75, 3.05) is 5.32 Å². The van der Waals surface area contributed by atoms with Crippen molar-refractivity contribution in [3.8, 4) is 0 Å². The highest BCUT2D eigenvalue weighted by molar-refractivity contribution is 6.36. The number of nitrogens with zero attached hydrogens (tertiary/aromatic N) is 2. The van der Waals surface area contributed by atoms with Crippen molar-refractivity contribution in [2.24, 2.45) is 7.05 Å². The largest absolute Gasteiger partial charge is 0.377 e. The van der Waals surface area contributed by atoms with E-state index in [0.717, 1.165) is 11.5 Å². The fourth-order valence-electron chi connectivity index (χ4n) is 1.37. The van der Waals surface area contributed by atoms with Crippen molar-refractivity contribution in [3.05, 3.63) is 46.5 Å². The number of aromatic nitrogens is 2. The average Bonchev–Trinajstić information content (AvgIpc) is 2.63. The van der Waals surface area contributed by atoms with Gasteiger partial charge in [-0.05, 0) is 18.2 Å². The van der Waals surface area contributed by atoms with Gasteiger partial charge in [-0.3, -0.25) is 0 Å². The van der Waals surface area contributed by atoms with Gasteiger partial charge in [0.25, 0.3) is 0 Å². The Hall–Kier alpha value is -1.19. The topological polar surface area (TPSA) is 29.9 Å². The summed E-state index contributed by atoms with van der Waals surface area (Å²) < 4.78 is 1.96. The zero-order chi connectivity index (χ0) is 11.5. The van der Waals surface area contributed by atoms with Crippen LogP contribution in [0.3, 0.4) is 0 Å². The first-order chi connectivity index (χ1) is 7.66. The van der Waals surface area contributed by atoms with E-state index in [9.17, 15) is 0 Å². The standard InChI is InChI=1S/C11H11Cl2N3/c1-16-5-4-14-11(16)7-15-10-3-2-8(12)6-9(10)13/h2-6,15H,7H2,1H3. The molecule has 1 aromatic heterocycles. The van der Waals surface area contributed by atoms with Crippen LogP contribution in [0.5, 0.6) is 0 Å². The molecule has 84 valence electrons. The first kappa shape index (κ1) is 11.3. The molecule has 0 fully saturated rings. The normalized spacial score (nSPS) is 10.4. The number of aryl methyl sites for hydroxylation is 1. The molecule has 0 amide bonds. The minimum absolute atomic E-state index is 0.613. The van der Waals surface area contributed by atoms with Crippen LogP contribution in [0.15, 0.2) is 30.6 Å². The first-order valence-electron chi connectivity index (χ1n) is 4.82. The quantitative estimate of drug-likeness (QED) is 0.912. The Morgan fingerprint density at radius 3 is 2.81 bits per heavy atom. The molecule has 0 aliphatic carbocycles. The molecule has 5 heteroatoms. The van der Waals surface area contributed by atoms with Gasteiger partial charge >= 0.3 is 0 Å². The molecule has 0 unspecified atom stereocenters. The summed E-state index contributed by atoms with van der Waals surface area (Å²) in [7, 11) is 1.95. The molecule has 0 radical (unpaired) electrons. The molecule has 2 rings (SSSR count). The molecule has 0 bridgehead atoms. The number of nitrogens with one attached hydrogen (secondary N) is 1. The molecule has 0 aliphatic rings. The van der Waals surface area contributed by atoms with E-state index in [0.29, 0.717) is 16.6 Å². The van der Waals surface area contributed by atoms with Gasteiger partial charge in [0.15, 0.2) is 0 Å². The Morgan fingerprint density at radius 1 is 1.38 bits per heavy atom. The van der Waals surface area contributed by atoms with Gasteiger partial charge in [0.05, 0.1) is 17.3 Å². The number of anilines is 1. The van der Waals surface area contributed by atoms with E-state index in [-0.39, 0.29) is 0 Å². The molecule has 16 heavy (non-hydrogen) atoms. The van der Waals surface area contributed by atoms with E-state index in [1.54, 1.807) is 18.3 Å². The zero-order valence-corrected chi connectivity index (χ0v) is 10.3. The SMILES string of the molecule is Cn1ccnc1CNc1ccc(Cl)cc1Cl. The highest BCUT2D eigenvalue weighted by Crippen LogP contribution is 2.25. The lowest BCUT2D eigenvalue weighted by Gasteiger charge is -2.08. The van der Waals surface area contributed by atoms with Gasteiger partial charge < -0.3 is 9.88 Å². The van der Waals surface area contributed by atoms with Crippen molar-refractivity contribution in [1.29, 1.82) is 0 Å². The van der Waals surface area contributed by atoms with Crippen LogP contribution >= 0.6 is 23.2 Å². The van der Waals surface area contributed by atoms with Gasteiger partial charge in [-0.1, -0.05) is 23.2 Å². The number of halogens is 2. The van der Waals surface area contributed by atoms with Crippen molar-refractivity contribution < 1.29 is 0 Å². The maximum atomic E-state index is 6.04. The summed E-state index contributed by atoms with van der Waals surface area (Å²) in [6, 6.07) is 5.37. The van der Waals surface area contributed by atoms with E-state index >= 15 is 0 Å². The molecule has 2 aromatic rings. The summed E-state index contributed by atoms with van der Waals surface area (Å²) in [6.45, 7) is 0.630. The van der Waals surface area contributed by atoms with Crippen molar-refractivity contribution in [3.63, 3.8) is 0 Å². The fourth-order valence-corrected chi connectivity index (χ4v) is 1.85. The first-order valence-corrected chi connectivity index (χ1v) is 5.57. The lowest BCUT2D eigenvalue weighted by molar-refractivity contribution is 0.813.